The van der Waals surface area contributed by atoms with Crippen molar-refractivity contribution in [2.24, 2.45) is 5.73 Å². The second-order valence-corrected chi connectivity index (χ2v) is 5.01. The Bertz CT molecular complexity index is 315. The van der Waals surface area contributed by atoms with Gasteiger partial charge in [-0.2, -0.15) is 0 Å². The molecule has 0 spiro atoms. The summed E-state index contributed by atoms with van der Waals surface area (Å²) in [6.45, 7) is 3.23. The van der Waals surface area contributed by atoms with E-state index in [9.17, 15) is 0 Å². The van der Waals surface area contributed by atoms with Gasteiger partial charge in [-0.15, -0.1) is 24.2 Å². The Morgan fingerprint density at radius 3 is 2.56 bits per heavy atom. The summed E-state index contributed by atoms with van der Waals surface area (Å²) in [4.78, 5) is 3.76. The first-order valence-electron chi connectivity index (χ1n) is 5.39. The van der Waals surface area contributed by atoms with Crippen LogP contribution in [0, 0.1) is 0 Å². The third-order valence-corrected chi connectivity index (χ3v) is 3.62. The molecule has 2 nitrogen and oxygen atoms in total. The normalized spacial score (nSPS) is 20.8. The maximum absolute atomic E-state index is 5.88. The van der Waals surface area contributed by atoms with E-state index in [0.717, 1.165) is 26.1 Å². The summed E-state index contributed by atoms with van der Waals surface area (Å²) in [6.07, 6.45) is 3.25. The van der Waals surface area contributed by atoms with Gasteiger partial charge in [-0.1, -0.05) is 12.1 Å². The molecule has 1 atom stereocenters. The zero-order chi connectivity index (χ0) is 10.7. The Kier molecular flexibility index (Phi) is 5.62. The van der Waals surface area contributed by atoms with Gasteiger partial charge in [0, 0.05) is 30.6 Å². The third kappa shape index (κ3) is 3.67. The van der Waals surface area contributed by atoms with E-state index in [4.69, 9.17) is 5.73 Å². The van der Waals surface area contributed by atoms with E-state index in [-0.39, 0.29) is 12.4 Å². The SMILES string of the molecule is CSc1ccc(CN2CC[C@H](N)C2)cc1.Cl. The lowest BCUT2D eigenvalue weighted by Crippen LogP contribution is -2.26. The summed E-state index contributed by atoms with van der Waals surface area (Å²) < 4.78 is 0. The van der Waals surface area contributed by atoms with E-state index in [2.05, 4.69) is 35.4 Å². The molecule has 0 aliphatic carbocycles. The van der Waals surface area contributed by atoms with Crippen molar-refractivity contribution in [1.82, 2.24) is 4.90 Å². The molecule has 2 rings (SSSR count). The molecule has 0 unspecified atom stereocenters. The summed E-state index contributed by atoms with van der Waals surface area (Å²) in [5, 5.41) is 0. The van der Waals surface area contributed by atoms with Crippen LogP contribution in [0.2, 0.25) is 0 Å². The van der Waals surface area contributed by atoms with Crippen molar-refractivity contribution in [2.75, 3.05) is 19.3 Å². The first-order chi connectivity index (χ1) is 7.28. The van der Waals surface area contributed by atoms with Gasteiger partial charge in [-0.05, 0) is 30.4 Å². The molecule has 4 heteroatoms. The molecule has 2 N–H and O–H groups in total. The van der Waals surface area contributed by atoms with Gasteiger partial charge in [0.05, 0.1) is 0 Å². The fraction of sp³-hybridized carbons (Fsp3) is 0.500. The van der Waals surface area contributed by atoms with Gasteiger partial charge in [0.2, 0.25) is 0 Å². The molecule has 1 heterocycles. The predicted octanol–water partition coefficient (Wildman–Crippen LogP) is 2.36. The molecule has 1 aromatic rings. The van der Waals surface area contributed by atoms with Gasteiger partial charge in [-0.25, -0.2) is 0 Å². The van der Waals surface area contributed by atoms with Crippen LogP contribution in [0.5, 0.6) is 0 Å². The fourth-order valence-electron chi connectivity index (χ4n) is 2.00. The number of nitrogens with two attached hydrogens (primary N) is 1. The number of rotatable bonds is 3. The van der Waals surface area contributed by atoms with Crippen LogP contribution >= 0.6 is 24.2 Å². The minimum atomic E-state index is 0. The number of benzene rings is 1. The first kappa shape index (κ1) is 13.8. The van der Waals surface area contributed by atoms with Crippen LogP contribution < -0.4 is 5.73 Å². The summed E-state index contributed by atoms with van der Waals surface area (Å²) in [7, 11) is 0. The van der Waals surface area contributed by atoms with Gasteiger partial charge in [0.25, 0.3) is 0 Å². The van der Waals surface area contributed by atoms with E-state index in [1.54, 1.807) is 11.8 Å². The van der Waals surface area contributed by atoms with E-state index in [0.29, 0.717) is 6.04 Å². The van der Waals surface area contributed by atoms with Crippen molar-refractivity contribution in [1.29, 1.82) is 0 Å². The minimum Gasteiger partial charge on any atom is -0.326 e. The van der Waals surface area contributed by atoms with Gasteiger partial charge < -0.3 is 5.73 Å². The molecule has 0 saturated carbocycles. The van der Waals surface area contributed by atoms with E-state index in [1.807, 2.05) is 0 Å². The van der Waals surface area contributed by atoms with Crippen LogP contribution in [0.15, 0.2) is 29.2 Å². The van der Waals surface area contributed by atoms with Crippen LogP contribution in [-0.2, 0) is 6.54 Å². The Hall–Kier alpha value is -0.220. The van der Waals surface area contributed by atoms with Crippen molar-refractivity contribution < 1.29 is 0 Å². The molecular weight excluding hydrogens is 240 g/mol. The van der Waals surface area contributed by atoms with Crippen LogP contribution in [0.4, 0.5) is 0 Å². The number of hydrogen-bond donors (Lipinski definition) is 1. The Labute approximate surface area is 108 Å². The number of nitrogens with zero attached hydrogens (tertiary/aromatic N) is 1. The lowest BCUT2D eigenvalue weighted by Gasteiger charge is -2.15. The van der Waals surface area contributed by atoms with E-state index in [1.165, 1.54) is 10.5 Å². The number of thioether (sulfide) groups is 1. The molecule has 0 amide bonds. The molecule has 1 aromatic carbocycles. The average molecular weight is 259 g/mol. The molecule has 1 aliphatic heterocycles. The molecule has 1 aliphatic rings. The van der Waals surface area contributed by atoms with Crippen molar-refractivity contribution in [3.63, 3.8) is 0 Å². The van der Waals surface area contributed by atoms with Crippen molar-refractivity contribution in [3.8, 4) is 0 Å². The zero-order valence-corrected chi connectivity index (χ0v) is 11.2. The predicted molar refractivity (Wildman–Crippen MR) is 73.3 cm³/mol. The highest BCUT2D eigenvalue weighted by Crippen LogP contribution is 2.17. The minimum absolute atomic E-state index is 0. The fourth-order valence-corrected chi connectivity index (χ4v) is 2.40. The van der Waals surface area contributed by atoms with Crippen molar-refractivity contribution in [2.45, 2.75) is 23.9 Å². The lowest BCUT2D eigenvalue weighted by molar-refractivity contribution is 0.327. The second-order valence-electron chi connectivity index (χ2n) is 4.13. The van der Waals surface area contributed by atoms with Crippen LogP contribution in [0.1, 0.15) is 12.0 Å². The topological polar surface area (TPSA) is 29.3 Å². The van der Waals surface area contributed by atoms with Gasteiger partial charge in [0.1, 0.15) is 0 Å². The largest absolute Gasteiger partial charge is 0.326 e. The van der Waals surface area contributed by atoms with Crippen LogP contribution in [0.3, 0.4) is 0 Å². The summed E-state index contributed by atoms with van der Waals surface area (Å²) in [6, 6.07) is 9.20. The molecular formula is C12H19ClN2S. The summed E-state index contributed by atoms with van der Waals surface area (Å²) >= 11 is 1.79. The quantitative estimate of drug-likeness (QED) is 0.844. The number of halogens is 1. The van der Waals surface area contributed by atoms with E-state index < -0.39 is 0 Å². The molecule has 1 fully saturated rings. The number of likely N-dealkylation sites (tertiary alicyclic amines) is 1. The Balaban J connectivity index is 0.00000128. The Morgan fingerprint density at radius 1 is 1.38 bits per heavy atom. The summed E-state index contributed by atoms with van der Waals surface area (Å²) in [5.74, 6) is 0. The zero-order valence-electron chi connectivity index (χ0n) is 9.56. The Morgan fingerprint density at radius 2 is 2.06 bits per heavy atom. The van der Waals surface area contributed by atoms with Gasteiger partial charge in [-0.3, -0.25) is 4.90 Å². The molecule has 90 valence electrons. The average Bonchev–Trinajstić information content (AvgIpc) is 2.65. The highest BCUT2D eigenvalue weighted by atomic mass is 35.5. The third-order valence-electron chi connectivity index (χ3n) is 2.87. The summed E-state index contributed by atoms with van der Waals surface area (Å²) in [5.41, 5.74) is 7.27. The smallest absolute Gasteiger partial charge is 0.0234 e. The van der Waals surface area contributed by atoms with Crippen LogP contribution in [-0.4, -0.2) is 30.3 Å². The van der Waals surface area contributed by atoms with Gasteiger partial charge >= 0.3 is 0 Å². The highest BCUT2D eigenvalue weighted by Gasteiger charge is 2.18. The maximum atomic E-state index is 5.88. The molecule has 1 saturated heterocycles. The standard InChI is InChI=1S/C12H18N2S.ClH/c1-15-12-4-2-10(3-5-12)8-14-7-6-11(13)9-14;/h2-5,11H,6-9,13H2,1H3;1H/t11-;/m0./s1. The second kappa shape index (κ2) is 6.50. The van der Waals surface area contributed by atoms with Crippen LogP contribution in [0.25, 0.3) is 0 Å². The highest BCUT2D eigenvalue weighted by molar-refractivity contribution is 7.98. The van der Waals surface area contributed by atoms with E-state index >= 15 is 0 Å². The molecule has 0 bridgehead atoms. The number of hydrogen-bond acceptors (Lipinski definition) is 3. The molecule has 16 heavy (non-hydrogen) atoms. The lowest BCUT2D eigenvalue weighted by atomic mass is 10.2. The first-order valence-corrected chi connectivity index (χ1v) is 6.61. The molecule has 0 aromatic heterocycles. The molecule has 0 radical (unpaired) electrons. The van der Waals surface area contributed by atoms with Crippen molar-refractivity contribution >= 4 is 24.2 Å². The van der Waals surface area contributed by atoms with Gasteiger partial charge in [0.15, 0.2) is 0 Å². The monoisotopic (exact) mass is 258 g/mol. The van der Waals surface area contributed by atoms with Crippen molar-refractivity contribution in [3.05, 3.63) is 29.8 Å². The maximum Gasteiger partial charge on any atom is 0.0234 e.